The number of halogens is 2. The summed E-state index contributed by atoms with van der Waals surface area (Å²) in [5.74, 6) is -0.0504. The summed E-state index contributed by atoms with van der Waals surface area (Å²) >= 11 is 6.91. The third kappa shape index (κ3) is 3.19. The van der Waals surface area contributed by atoms with Gasteiger partial charge in [-0.2, -0.15) is 0 Å². The Balaban J connectivity index is 1.79. The average Bonchev–Trinajstić information content (AvgIpc) is 2.83. The Kier molecular flexibility index (Phi) is 4.12. The van der Waals surface area contributed by atoms with Gasteiger partial charge in [-0.05, 0) is 36.4 Å². The molecule has 2 aromatic carbocycles. The van der Waals surface area contributed by atoms with Gasteiger partial charge in [-0.1, -0.05) is 44.0 Å². The zero-order valence-corrected chi connectivity index (χ0v) is 14.2. The molecule has 3 aromatic rings. The monoisotopic (exact) mass is 406 g/mol. The zero-order valence-electron chi connectivity index (χ0n) is 11.0. The molecule has 3 nitrogen and oxygen atoms in total. The standard InChI is InChI=1S/C16H12Br2N2O/c17-11-3-1-4-12(9-11)19-16(21)10-20-8-7-13-14(18)5-2-6-15(13)20/h1-9H,10H2,(H,19,21). The quantitative estimate of drug-likeness (QED) is 0.664. The van der Waals surface area contributed by atoms with Gasteiger partial charge in [0.2, 0.25) is 5.91 Å². The first kappa shape index (κ1) is 14.4. The summed E-state index contributed by atoms with van der Waals surface area (Å²) in [4.78, 5) is 12.2. The van der Waals surface area contributed by atoms with Crippen LogP contribution >= 0.6 is 31.9 Å². The highest BCUT2D eigenvalue weighted by Gasteiger charge is 2.08. The number of carbonyl (C=O) groups is 1. The normalized spacial score (nSPS) is 10.8. The minimum Gasteiger partial charge on any atom is -0.338 e. The van der Waals surface area contributed by atoms with Gasteiger partial charge in [-0.25, -0.2) is 0 Å². The van der Waals surface area contributed by atoms with Crippen molar-refractivity contribution in [3.8, 4) is 0 Å². The van der Waals surface area contributed by atoms with E-state index in [-0.39, 0.29) is 12.5 Å². The van der Waals surface area contributed by atoms with Gasteiger partial charge in [0, 0.05) is 31.7 Å². The van der Waals surface area contributed by atoms with Crippen LogP contribution in [0.3, 0.4) is 0 Å². The van der Waals surface area contributed by atoms with E-state index >= 15 is 0 Å². The van der Waals surface area contributed by atoms with Crippen LogP contribution in [0.2, 0.25) is 0 Å². The Labute approximate surface area is 139 Å². The summed E-state index contributed by atoms with van der Waals surface area (Å²) in [5.41, 5.74) is 1.82. The van der Waals surface area contributed by atoms with Crippen LogP contribution < -0.4 is 5.32 Å². The van der Waals surface area contributed by atoms with Gasteiger partial charge in [0.25, 0.3) is 0 Å². The number of benzene rings is 2. The molecule has 5 heteroatoms. The van der Waals surface area contributed by atoms with Crippen molar-refractivity contribution < 1.29 is 4.79 Å². The molecule has 0 saturated carbocycles. The number of anilines is 1. The summed E-state index contributed by atoms with van der Waals surface area (Å²) in [5, 5.41) is 4.00. The van der Waals surface area contributed by atoms with Gasteiger partial charge in [-0.15, -0.1) is 0 Å². The Morgan fingerprint density at radius 3 is 2.71 bits per heavy atom. The van der Waals surface area contributed by atoms with Crippen LogP contribution in [-0.2, 0) is 11.3 Å². The molecular weight excluding hydrogens is 396 g/mol. The smallest absolute Gasteiger partial charge is 0.244 e. The molecule has 1 heterocycles. The zero-order chi connectivity index (χ0) is 14.8. The summed E-state index contributed by atoms with van der Waals surface area (Å²) in [6, 6.07) is 15.5. The number of hydrogen-bond donors (Lipinski definition) is 1. The molecule has 0 spiro atoms. The van der Waals surface area contributed by atoms with E-state index in [4.69, 9.17) is 0 Å². The largest absolute Gasteiger partial charge is 0.338 e. The number of aromatic nitrogens is 1. The molecule has 0 aliphatic rings. The molecule has 1 N–H and O–H groups in total. The van der Waals surface area contributed by atoms with Crippen molar-refractivity contribution in [1.29, 1.82) is 0 Å². The fourth-order valence-corrected chi connectivity index (χ4v) is 3.13. The van der Waals surface area contributed by atoms with Crippen LogP contribution in [0.25, 0.3) is 10.9 Å². The first-order valence-corrected chi connectivity index (χ1v) is 8.01. The average molecular weight is 408 g/mol. The van der Waals surface area contributed by atoms with Gasteiger partial charge in [0.05, 0.1) is 0 Å². The highest BCUT2D eigenvalue weighted by Crippen LogP contribution is 2.24. The van der Waals surface area contributed by atoms with Crippen molar-refractivity contribution in [2.75, 3.05) is 5.32 Å². The first-order valence-electron chi connectivity index (χ1n) is 6.42. The third-order valence-electron chi connectivity index (χ3n) is 3.18. The van der Waals surface area contributed by atoms with E-state index in [1.165, 1.54) is 0 Å². The predicted octanol–water partition coefficient (Wildman–Crippen LogP) is 4.81. The molecule has 0 saturated heterocycles. The second kappa shape index (κ2) is 6.03. The van der Waals surface area contributed by atoms with Gasteiger partial charge >= 0.3 is 0 Å². The Bertz CT molecular complexity index is 811. The van der Waals surface area contributed by atoms with E-state index in [0.29, 0.717) is 0 Å². The molecule has 1 amide bonds. The molecule has 0 aliphatic heterocycles. The van der Waals surface area contributed by atoms with E-state index in [1.807, 2.05) is 59.3 Å². The van der Waals surface area contributed by atoms with Crippen LogP contribution in [0.5, 0.6) is 0 Å². The number of carbonyl (C=O) groups excluding carboxylic acids is 1. The summed E-state index contributed by atoms with van der Waals surface area (Å²) in [7, 11) is 0. The SMILES string of the molecule is O=C(Cn1ccc2c(Br)cccc21)Nc1cccc(Br)c1. The highest BCUT2D eigenvalue weighted by molar-refractivity contribution is 9.11. The van der Waals surface area contributed by atoms with Crippen molar-refractivity contribution in [2.45, 2.75) is 6.54 Å². The molecule has 0 fully saturated rings. The van der Waals surface area contributed by atoms with E-state index in [1.54, 1.807) is 0 Å². The molecule has 0 aliphatic carbocycles. The number of nitrogens with zero attached hydrogens (tertiary/aromatic N) is 1. The van der Waals surface area contributed by atoms with Gasteiger partial charge in [-0.3, -0.25) is 4.79 Å². The maximum Gasteiger partial charge on any atom is 0.244 e. The van der Waals surface area contributed by atoms with Crippen molar-refractivity contribution in [3.05, 3.63) is 63.7 Å². The molecule has 0 unspecified atom stereocenters. The fourth-order valence-electron chi connectivity index (χ4n) is 2.25. The second-order valence-corrected chi connectivity index (χ2v) is 6.44. The molecular formula is C16H12Br2N2O. The van der Waals surface area contributed by atoms with Gasteiger partial charge in [0.15, 0.2) is 0 Å². The number of fused-ring (bicyclic) bond motifs is 1. The minimum absolute atomic E-state index is 0.0504. The molecule has 0 radical (unpaired) electrons. The molecule has 0 bridgehead atoms. The molecule has 3 rings (SSSR count). The van der Waals surface area contributed by atoms with Crippen molar-refractivity contribution >= 4 is 54.4 Å². The number of rotatable bonds is 3. The summed E-state index contributed by atoms with van der Waals surface area (Å²) in [6.45, 7) is 0.284. The van der Waals surface area contributed by atoms with Crippen LogP contribution in [0.4, 0.5) is 5.69 Å². The lowest BCUT2D eigenvalue weighted by Gasteiger charge is -2.08. The lowest BCUT2D eigenvalue weighted by atomic mass is 10.2. The van der Waals surface area contributed by atoms with Crippen molar-refractivity contribution in [2.24, 2.45) is 0 Å². The van der Waals surface area contributed by atoms with E-state index in [2.05, 4.69) is 37.2 Å². The summed E-state index contributed by atoms with van der Waals surface area (Å²) < 4.78 is 3.91. The first-order chi connectivity index (χ1) is 10.1. The van der Waals surface area contributed by atoms with Crippen LogP contribution in [0, 0.1) is 0 Å². The molecule has 1 aromatic heterocycles. The molecule has 21 heavy (non-hydrogen) atoms. The number of amides is 1. The Morgan fingerprint density at radius 1 is 1.10 bits per heavy atom. The Hall–Kier alpha value is -1.59. The molecule has 0 atom stereocenters. The topological polar surface area (TPSA) is 34.0 Å². The van der Waals surface area contributed by atoms with Crippen molar-refractivity contribution in [1.82, 2.24) is 4.57 Å². The fraction of sp³-hybridized carbons (Fsp3) is 0.0625. The van der Waals surface area contributed by atoms with Gasteiger partial charge in [0.1, 0.15) is 6.54 Å². The second-order valence-electron chi connectivity index (χ2n) is 4.67. The van der Waals surface area contributed by atoms with Gasteiger partial charge < -0.3 is 9.88 Å². The van der Waals surface area contributed by atoms with Crippen LogP contribution in [-0.4, -0.2) is 10.5 Å². The highest BCUT2D eigenvalue weighted by atomic mass is 79.9. The maximum absolute atomic E-state index is 12.2. The predicted molar refractivity (Wildman–Crippen MR) is 92.4 cm³/mol. The van der Waals surface area contributed by atoms with Crippen LogP contribution in [0.15, 0.2) is 63.7 Å². The maximum atomic E-state index is 12.2. The number of hydrogen-bond acceptors (Lipinski definition) is 1. The lowest BCUT2D eigenvalue weighted by molar-refractivity contribution is -0.116. The Morgan fingerprint density at radius 2 is 1.90 bits per heavy atom. The van der Waals surface area contributed by atoms with Crippen molar-refractivity contribution in [3.63, 3.8) is 0 Å². The molecule has 106 valence electrons. The third-order valence-corrected chi connectivity index (χ3v) is 4.37. The lowest BCUT2D eigenvalue weighted by Crippen LogP contribution is -2.18. The number of nitrogens with one attached hydrogen (secondary N) is 1. The van der Waals surface area contributed by atoms with E-state index in [0.717, 1.165) is 25.5 Å². The minimum atomic E-state index is -0.0504. The van der Waals surface area contributed by atoms with E-state index < -0.39 is 0 Å². The van der Waals surface area contributed by atoms with E-state index in [9.17, 15) is 4.79 Å². The summed E-state index contributed by atoms with van der Waals surface area (Å²) in [6.07, 6.45) is 1.93. The van der Waals surface area contributed by atoms with Crippen LogP contribution in [0.1, 0.15) is 0 Å².